The Morgan fingerprint density at radius 2 is 2.18 bits per heavy atom. The number of aliphatic hydroxyl groups excluding tert-OH is 1. The van der Waals surface area contributed by atoms with E-state index in [1.807, 2.05) is 19.9 Å². The van der Waals surface area contributed by atoms with Gasteiger partial charge < -0.3 is 19.3 Å². The molecule has 0 amide bonds. The SMILES string of the molecule is CC#CC[C@H](C)[C@H](O)/C=C/[C@H]1[C@H](OC2CCCCO2)CC2C/C(=C\CCCC(=O)OC)C[C@@H]21. The third-order valence-corrected chi connectivity index (χ3v) is 7.51. The number of aliphatic hydroxyl groups is 1. The van der Waals surface area contributed by atoms with Crippen LogP contribution >= 0.6 is 0 Å². The summed E-state index contributed by atoms with van der Waals surface area (Å²) >= 11 is 0. The monoisotopic (exact) mass is 458 g/mol. The molecule has 1 N–H and O–H groups in total. The molecule has 0 aromatic heterocycles. The summed E-state index contributed by atoms with van der Waals surface area (Å²) in [6.07, 6.45) is 15.5. The summed E-state index contributed by atoms with van der Waals surface area (Å²) in [6, 6.07) is 0. The third-order valence-electron chi connectivity index (χ3n) is 7.51. The summed E-state index contributed by atoms with van der Waals surface area (Å²) < 4.78 is 17.1. The minimum absolute atomic E-state index is 0.0875. The van der Waals surface area contributed by atoms with Gasteiger partial charge in [0.15, 0.2) is 6.29 Å². The van der Waals surface area contributed by atoms with Gasteiger partial charge in [-0.15, -0.1) is 11.8 Å². The van der Waals surface area contributed by atoms with Crippen molar-refractivity contribution in [3.05, 3.63) is 23.8 Å². The molecule has 0 spiro atoms. The van der Waals surface area contributed by atoms with Crippen LogP contribution in [0.25, 0.3) is 0 Å². The van der Waals surface area contributed by atoms with Crippen LogP contribution in [0.3, 0.4) is 0 Å². The van der Waals surface area contributed by atoms with E-state index in [0.717, 1.165) is 58.0 Å². The van der Waals surface area contributed by atoms with Crippen LogP contribution in [0.15, 0.2) is 23.8 Å². The average molecular weight is 459 g/mol. The Morgan fingerprint density at radius 1 is 1.33 bits per heavy atom. The Balaban J connectivity index is 1.62. The number of hydrogen-bond acceptors (Lipinski definition) is 5. The fourth-order valence-corrected chi connectivity index (χ4v) is 5.54. The first kappa shape index (κ1) is 26.0. The Morgan fingerprint density at radius 3 is 2.91 bits per heavy atom. The lowest BCUT2D eigenvalue weighted by Gasteiger charge is -2.29. The second-order valence-electron chi connectivity index (χ2n) is 9.93. The molecule has 33 heavy (non-hydrogen) atoms. The Bertz CT molecular complexity index is 739. The van der Waals surface area contributed by atoms with Gasteiger partial charge in [0.25, 0.3) is 0 Å². The molecule has 2 aliphatic carbocycles. The van der Waals surface area contributed by atoms with E-state index < -0.39 is 6.10 Å². The molecule has 0 bridgehead atoms. The number of allylic oxidation sites excluding steroid dienone is 2. The standard InChI is InChI=1S/C28H42O5/c1-4-5-10-20(2)25(29)15-14-23-24-18-21(11-6-7-12-27(30)31-3)17-22(24)19-26(23)33-28-13-8-9-16-32-28/h11,14-15,20,22-26,28-29H,6-10,12-13,16-19H2,1-3H3/b15-14+,21-11+/t20-,22?,23+,24-,25+,26+,28?/m0/s1. The highest BCUT2D eigenvalue weighted by molar-refractivity contribution is 5.69. The minimum Gasteiger partial charge on any atom is -0.469 e. The van der Waals surface area contributed by atoms with Crippen LogP contribution in [0.1, 0.15) is 78.1 Å². The van der Waals surface area contributed by atoms with Crippen molar-refractivity contribution in [2.24, 2.45) is 23.7 Å². The van der Waals surface area contributed by atoms with Crippen LogP contribution in [0.4, 0.5) is 0 Å². The van der Waals surface area contributed by atoms with Gasteiger partial charge in [-0.3, -0.25) is 4.79 Å². The number of fused-ring (bicyclic) bond motifs is 1. The number of carbonyl (C=O) groups is 1. The van der Waals surface area contributed by atoms with Crippen molar-refractivity contribution >= 4 is 5.97 Å². The first-order valence-electron chi connectivity index (χ1n) is 12.8. The molecule has 5 nitrogen and oxygen atoms in total. The normalized spacial score (nSPS) is 32.4. The molecule has 3 rings (SSSR count). The van der Waals surface area contributed by atoms with Crippen LogP contribution in [0, 0.1) is 35.5 Å². The summed E-state index contributed by atoms with van der Waals surface area (Å²) in [6.45, 7) is 4.67. The number of methoxy groups -OCH3 is 1. The average Bonchev–Trinajstić information content (AvgIpc) is 3.36. The van der Waals surface area contributed by atoms with E-state index in [9.17, 15) is 9.90 Å². The topological polar surface area (TPSA) is 65.0 Å². The molecule has 0 radical (unpaired) electrons. The molecule has 1 saturated heterocycles. The number of esters is 1. The summed E-state index contributed by atoms with van der Waals surface area (Å²) in [4.78, 5) is 11.3. The van der Waals surface area contributed by atoms with Crippen LogP contribution in [-0.2, 0) is 19.0 Å². The van der Waals surface area contributed by atoms with Crippen LogP contribution in [0.2, 0.25) is 0 Å². The number of carbonyl (C=O) groups excluding carboxylic acids is 1. The van der Waals surface area contributed by atoms with Crippen molar-refractivity contribution in [3.8, 4) is 11.8 Å². The van der Waals surface area contributed by atoms with Crippen molar-refractivity contribution in [2.75, 3.05) is 13.7 Å². The maximum Gasteiger partial charge on any atom is 0.305 e. The zero-order valence-electron chi connectivity index (χ0n) is 20.6. The van der Waals surface area contributed by atoms with E-state index >= 15 is 0 Å². The maximum atomic E-state index is 11.3. The molecule has 1 aliphatic heterocycles. The molecule has 0 aromatic rings. The van der Waals surface area contributed by atoms with Crippen molar-refractivity contribution in [1.29, 1.82) is 0 Å². The fourth-order valence-electron chi connectivity index (χ4n) is 5.54. The second-order valence-corrected chi connectivity index (χ2v) is 9.93. The van der Waals surface area contributed by atoms with Crippen molar-refractivity contribution in [3.63, 3.8) is 0 Å². The largest absolute Gasteiger partial charge is 0.469 e. The number of unbranched alkanes of at least 4 members (excludes halogenated alkanes) is 1. The van der Waals surface area contributed by atoms with E-state index in [2.05, 4.69) is 24.0 Å². The molecular weight excluding hydrogens is 416 g/mol. The van der Waals surface area contributed by atoms with E-state index in [0.29, 0.717) is 30.6 Å². The van der Waals surface area contributed by atoms with E-state index in [-0.39, 0.29) is 24.3 Å². The summed E-state index contributed by atoms with van der Waals surface area (Å²) in [5, 5.41) is 10.6. The number of hydrogen-bond donors (Lipinski definition) is 1. The lowest BCUT2D eigenvalue weighted by molar-refractivity contribution is -0.193. The maximum absolute atomic E-state index is 11.3. The molecule has 7 atom stereocenters. The van der Waals surface area contributed by atoms with Crippen LogP contribution in [-0.4, -0.2) is 43.3 Å². The summed E-state index contributed by atoms with van der Waals surface area (Å²) in [7, 11) is 1.44. The van der Waals surface area contributed by atoms with Crippen LogP contribution in [0.5, 0.6) is 0 Å². The third kappa shape index (κ3) is 7.70. The fraction of sp³-hybridized carbons (Fsp3) is 0.750. The summed E-state index contributed by atoms with van der Waals surface area (Å²) in [5.41, 5.74) is 1.51. The van der Waals surface area contributed by atoms with Crippen molar-refractivity contribution in [1.82, 2.24) is 0 Å². The van der Waals surface area contributed by atoms with Gasteiger partial charge in [-0.05, 0) is 76.0 Å². The van der Waals surface area contributed by atoms with Gasteiger partial charge in [0.1, 0.15) is 0 Å². The quantitative estimate of drug-likeness (QED) is 0.211. The molecule has 0 aromatic carbocycles. The van der Waals surface area contributed by atoms with E-state index in [4.69, 9.17) is 14.2 Å². The Kier molecular flexibility index (Phi) is 10.5. The van der Waals surface area contributed by atoms with Crippen molar-refractivity contribution in [2.45, 2.75) is 96.6 Å². The lowest BCUT2D eigenvalue weighted by Crippen LogP contribution is -2.31. The van der Waals surface area contributed by atoms with E-state index in [1.54, 1.807) is 0 Å². The van der Waals surface area contributed by atoms with Gasteiger partial charge >= 0.3 is 5.97 Å². The number of rotatable bonds is 10. The van der Waals surface area contributed by atoms with Crippen LogP contribution < -0.4 is 0 Å². The van der Waals surface area contributed by atoms with Gasteiger partial charge in [-0.2, -0.15) is 0 Å². The highest BCUT2D eigenvalue weighted by atomic mass is 16.7. The molecule has 2 saturated carbocycles. The smallest absolute Gasteiger partial charge is 0.305 e. The zero-order valence-corrected chi connectivity index (χ0v) is 20.6. The molecule has 184 valence electrons. The minimum atomic E-state index is -0.494. The highest BCUT2D eigenvalue weighted by Crippen LogP contribution is 2.52. The first-order chi connectivity index (χ1) is 16.0. The molecule has 2 unspecified atom stereocenters. The Labute approximate surface area is 199 Å². The van der Waals surface area contributed by atoms with Gasteiger partial charge in [-0.25, -0.2) is 0 Å². The molecule has 3 aliphatic rings. The predicted octanol–water partition coefficient (Wildman–Crippen LogP) is 5.18. The lowest BCUT2D eigenvalue weighted by atomic mass is 9.89. The predicted molar refractivity (Wildman–Crippen MR) is 129 cm³/mol. The highest BCUT2D eigenvalue weighted by Gasteiger charge is 2.47. The zero-order chi connectivity index (χ0) is 23.6. The molecule has 3 fully saturated rings. The first-order valence-corrected chi connectivity index (χ1v) is 12.8. The summed E-state index contributed by atoms with van der Waals surface area (Å²) in [5.74, 6) is 7.42. The van der Waals surface area contributed by atoms with Gasteiger partial charge in [0.05, 0.1) is 19.3 Å². The van der Waals surface area contributed by atoms with Gasteiger partial charge in [0, 0.05) is 25.4 Å². The van der Waals surface area contributed by atoms with E-state index in [1.165, 1.54) is 12.7 Å². The molecule has 1 heterocycles. The van der Waals surface area contributed by atoms with Crippen molar-refractivity contribution < 1.29 is 24.1 Å². The molecule has 5 heteroatoms. The Hall–Kier alpha value is -1.61. The second kappa shape index (κ2) is 13.3. The van der Waals surface area contributed by atoms with Gasteiger partial charge in [0.2, 0.25) is 0 Å². The number of ether oxygens (including phenoxy) is 3. The molecular formula is C28H42O5. The van der Waals surface area contributed by atoms with Gasteiger partial charge in [-0.1, -0.05) is 30.7 Å².